The molecule has 1 aliphatic heterocycles. The molecule has 0 saturated carbocycles. The number of hydrogen-bond acceptors (Lipinski definition) is 5. The molecule has 0 aliphatic carbocycles. The third-order valence-electron chi connectivity index (χ3n) is 5.40. The van der Waals surface area contributed by atoms with Crippen molar-refractivity contribution >= 4 is 16.8 Å². The second-order valence-electron chi connectivity index (χ2n) is 8.06. The van der Waals surface area contributed by atoms with E-state index in [0.29, 0.717) is 62.8 Å². The minimum Gasteiger partial charge on any atom is -0.388 e. The summed E-state index contributed by atoms with van der Waals surface area (Å²) in [7, 11) is 3.91. The van der Waals surface area contributed by atoms with Crippen molar-refractivity contribution in [1.29, 1.82) is 0 Å². The van der Waals surface area contributed by atoms with Crippen molar-refractivity contribution < 1.29 is 9.90 Å². The molecule has 7 nitrogen and oxygen atoms in total. The lowest BCUT2D eigenvalue weighted by atomic mass is 9.94. The molecule has 2 heterocycles. The zero-order chi connectivity index (χ0) is 20.1. The first kappa shape index (κ1) is 20.5. The first-order valence-electron chi connectivity index (χ1n) is 9.97. The van der Waals surface area contributed by atoms with E-state index in [0.717, 1.165) is 6.42 Å². The van der Waals surface area contributed by atoms with Crippen molar-refractivity contribution in [2.24, 2.45) is 0 Å². The molecule has 1 saturated heterocycles. The Kier molecular flexibility index (Phi) is 6.46. The maximum atomic E-state index is 12.6. The van der Waals surface area contributed by atoms with Crippen LogP contribution in [0.3, 0.4) is 0 Å². The van der Waals surface area contributed by atoms with Crippen LogP contribution in [-0.4, -0.2) is 69.7 Å². The summed E-state index contributed by atoms with van der Waals surface area (Å²) in [5, 5.41) is 11.3. The van der Waals surface area contributed by atoms with Gasteiger partial charge in [-0.05, 0) is 51.9 Å². The molecule has 28 heavy (non-hydrogen) atoms. The zero-order valence-electron chi connectivity index (χ0n) is 16.8. The average molecular weight is 386 g/mol. The number of carbonyl (C=O) groups is 1. The van der Waals surface area contributed by atoms with Gasteiger partial charge in [0.2, 0.25) is 5.91 Å². The minimum atomic E-state index is -0.720. The monoisotopic (exact) mass is 386 g/mol. The molecule has 152 valence electrons. The predicted octanol–water partition coefficient (Wildman–Crippen LogP) is 1.48. The van der Waals surface area contributed by atoms with Crippen LogP contribution in [0.25, 0.3) is 10.9 Å². The second-order valence-corrected chi connectivity index (χ2v) is 8.06. The van der Waals surface area contributed by atoms with Gasteiger partial charge in [0.15, 0.2) is 0 Å². The lowest BCUT2D eigenvalue weighted by Crippen LogP contribution is -2.41. The third kappa shape index (κ3) is 4.97. The fourth-order valence-electron chi connectivity index (χ4n) is 4.00. The zero-order valence-corrected chi connectivity index (χ0v) is 16.8. The number of benzene rings is 1. The number of nitrogens with zero attached hydrogens (tertiary/aromatic N) is 4. The quantitative estimate of drug-likeness (QED) is 0.814. The lowest BCUT2D eigenvalue weighted by molar-refractivity contribution is -0.131. The van der Waals surface area contributed by atoms with E-state index in [1.165, 1.54) is 0 Å². The summed E-state index contributed by atoms with van der Waals surface area (Å²) in [4.78, 5) is 33.3. The Morgan fingerprint density at radius 3 is 2.82 bits per heavy atom. The molecule has 0 unspecified atom stereocenters. The molecule has 1 fully saturated rings. The van der Waals surface area contributed by atoms with Gasteiger partial charge in [-0.2, -0.15) is 0 Å². The van der Waals surface area contributed by atoms with Gasteiger partial charge in [-0.3, -0.25) is 14.2 Å². The van der Waals surface area contributed by atoms with Gasteiger partial charge in [-0.15, -0.1) is 0 Å². The van der Waals surface area contributed by atoms with Gasteiger partial charge >= 0.3 is 0 Å². The standard InChI is InChI=1S/C21H30N4O3/c1-23(2)15-21(28)10-6-13-24(14-11-21)19(26)9-5-12-25-16-22-18-8-4-3-7-17(18)20(25)27/h3-4,7-8,16,28H,5-6,9-15H2,1-2H3/t21-/m0/s1. The van der Waals surface area contributed by atoms with Gasteiger partial charge in [0, 0.05) is 32.6 Å². The van der Waals surface area contributed by atoms with Crippen LogP contribution in [0.1, 0.15) is 32.1 Å². The highest BCUT2D eigenvalue weighted by molar-refractivity contribution is 5.77. The Balaban J connectivity index is 1.53. The fraction of sp³-hybridized carbons (Fsp3) is 0.571. The van der Waals surface area contributed by atoms with Crippen molar-refractivity contribution in [1.82, 2.24) is 19.4 Å². The van der Waals surface area contributed by atoms with Crippen LogP contribution >= 0.6 is 0 Å². The molecular formula is C21H30N4O3. The highest BCUT2D eigenvalue weighted by Gasteiger charge is 2.31. The van der Waals surface area contributed by atoms with Crippen LogP contribution in [-0.2, 0) is 11.3 Å². The van der Waals surface area contributed by atoms with E-state index >= 15 is 0 Å². The van der Waals surface area contributed by atoms with E-state index in [9.17, 15) is 14.7 Å². The topological polar surface area (TPSA) is 78.7 Å². The summed E-state index contributed by atoms with van der Waals surface area (Å²) in [6.07, 6.45) is 4.67. The first-order valence-corrected chi connectivity index (χ1v) is 9.97. The Bertz CT molecular complexity index is 879. The van der Waals surface area contributed by atoms with Gasteiger partial charge in [0.1, 0.15) is 0 Å². The Hall–Kier alpha value is -2.25. The van der Waals surface area contributed by atoms with Gasteiger partial charge in [-0.1, -0.05) is 12.1 Å². The van der Waals surface area contributed by atoms with Gasteiger partial charge in [0.25, 0.3) is 5.56 Å². The van der Waals surface area contributed by atoms with Crippen molar-refractivity contribution in [2.45, 2.75) is 44.2 Å². The number of para-hydroxylation sites is 1. The van der Waals surface area contributed by atoms with E-state index in [2.05, 4.69) is 4.98 Å². The number of likely N-dealkylation sites (N-methyl/N-ethyl adjacent to an activating group) is 1. The van der Waals surface area contributed by atoms with E-state index in [4.69, 9.17) is 0 Å². The number of rotatable bonds is 6. The molecule has 1 aliphatic rings. The van der Waals surface area contributed by atoms with Gasteiger partial charge in [0.05, 0.1) is 22.8 Å². The van der Waals surface area contributed by atoms with E-state index in [1.807, 2.05) is 42.1 Å². The molecule has 1 aromatic carbocycles. The van der Waals surface area contributed by atoms with Gasteiger partial charge < -0.3 is 14.9 Å². The maximum absolute atomic E-state index is 12.6. The Labute approximate surface area is 165 Å². The average Bonchev–Trinajstić information content (AvgIpc) is 2.84. The minimum absolute atomic E-state index is 0.0680. The maximum Gasteiger partial charge on any atom is 0.261 e. The number of carbonyl (C=O) groups excluding carboxylic acids is 1. The molecular weight excluding hydrogens is 356 g/mol. The van der Waals surface area contributed by atoms with Crippen molar-refractivity contribution in [3.05, 3.63) is 40.9 Å². The predicted molar refractivity (Wildman–Crippen MR) is 109 cm³/mol. The molecule has 1 atom stereocenters. The largest absolute Gasteiger partial charge is 0.388 e. The number of aromatic nitrogens is 2. The summed E-state index contributed by atoms with van der Waals surface area (Å²) in [5.74, 6) is 0.0934. The number of likely N-dealkylation sites (tertiary alicyclic amines) is 1. The van der Waals surface area contributed by atoms with Crippen molar-refractivity contribution in [3.8, 4) is 0 Å². The molecule has 1 aromatic heterocycles. The van der Waals surface area contributed by atoms with E-state index < -0.39 is 5.60 Å². The molecule has 0 bridgehead atoms. The normalized spacial score (nSPS) is 20.5. The molecule has 3 rings (SSSR count). The molecule has 0 spiro atoms. The number of aryl methyl sites for hydroxylation is 1. The van der Waals surface area contributed by atoms with Gasteiger partial charge in [-0.25, -0.2) is 4.98 Å². The van der Waals surface area contributed by atoms with Crippen LogP contribution in [0.15, 0.2) is 35.4 Å². The number of amides is 1. The smallest absolute Gasteiger partial charge is 0.261 e. The van der Waals surface area contributed by atoms with E-state index in [1.54, 1.807) is 17.0 Å². The summed E-state index contributed by atoms with van der Waals surface area (Å²) in [6.45, 7) is 2.36. The van der Waals surface area contributed by atoms with E-state index in [-0.39, 0.29) is 11.5 Å². The summed E-state index contributed by atoms with van der Waals surface area (Å²) in [6, 6.07) is 7.29. The highest BCUT2D eigenvalue weighted by Crippen LogP contribution is 2.23. The first-order chi connectivity index (χ1) is 13.4. The number of fused-ring (bicyclic) bond motifs is 1. The SMILES string of the molecule is CN(C)C[C@]1(O)CCCN(C(=O)CCCn2cnc3ccccc3c2=O)CC1. The third-order valence-corrected chi connectivity index (χ3v) is 5.40. The number of hydrogen-bond donors (Lipinski definition) is 1. The Morgan fingerprint density at radius 2 is 2.04 bits per heavy atom. The van der Waals surface area contributed by atoms with Crippen molar-refractivity contribution in [3.63, 3.8) is 0 Å². The summed E-state index contributed by atoms with van der Waals surface area (Å²) in [5.41, 5.74) is -0.0982. The fourth-order valence-corrected chi connectivity index (χ4v) is 4.00. The highest BCUT2D eigenvalue weighted by atomic mass is 16.3. The van der Waals surface area contributed by atoms with Crippen LogP contribution in [0.2, 0.25) is 0 Å². The molecule has 1 amide bonds. The summed E-state index contributed by atoms with van der Waals surface area (Å²) >= 11 is 0. The Morgan fingerprint density at radius 1 is 1.25 bits per heavy atom. The summed E-state index contributed by atoms with van der Waals surface area (Å²) < 4.78 is 1.58. The number of aliphatic hydroxyl groups is 1. The second kappa shape index (κ2) is 8.84. The van der Waals surface area contributed by atoms with Crippen molar-refractivity contribution in [2.75, 3.05) is 33.7 Å². The molecule has 1 N–H and O–H groups in total. The molecule has 7 heteroatoms. The van der Waals surface area contributed by atoms with Crippen LogP contribution < -0.4 is 5.56 Å². The lowest BCUT2D eigenvalue weighted by Gasteiger charge is -2.30. The van der Waals surface area contributed by atoms with Crippen LogP contribution in [0, 0.1) is 0 Å². The molecule has 2 aromatic rings. The molecule has 0 radical (unpaired) electrons. The van der Waals surface area contributed by atoms with Crippen LogP contribution in [0.4, 0.5) is 0 Å². The van der Waals surface area contributed by atoms with Crippen LogP contribution in [0.5, 0.6) is 0 Å².